The smallest absolute Gasteiger partial charge is 0.314 e. The standard InChI is InChI=1S/C40H48O9/c1-22(41)48-34(2)18-40(47-20-34)31(43)28(33(45)49-40)25-12-16-39-19-38(25,39)15-13-27-35(3)14-11-24-17-26(23-9-7-6-8-10-23)46-21-36(24,4)30(35)29(42)32(44)37(27,39)5/h6-11,13,15,25-31,42-43H,12,14,16-21H2,1-5H3/t25-,26+,27-,28-,29-,30-,31-,34-,35-,36+,37+,38-,39-,40+/m1/s1. The number of esters is 2. The van der Waals surface area contributed by atoms with Crippen molar-refractivity contribution < 1.29 is 43.5 Å². The van der Waals surface area contributed by atoms with Crippen LogP contribution in [0.25, 0.3) is 0 Å². The highest BCUT2D eigenvalue weighted by Gasteiger charge is 2.87. The maximum atomic E-state index is 14.9. The Morgan fingerprint density at radius 2 is 1.78 bits per heavy atom. The lowest BCUT2D eigenvalue weighted by atomic mass is 9.38. The first kappa shape index (κ1) is 32.1. The Morgan fingerprint density at radius 1 is 1.02 bits per heavy atom. The molecule has 0 unspecified atom stereocenters. The molecule has 3 heterocycles. The molecule has 0 bridgehead atoms. The van der Waals surface area contributed by atoms with Crippen molar-refractivity contribution in [1.29, 1.82) is 0 Å². The molecule has 49 heavy (non-hydrogen) atoms. The Hall–Kier alpha value is -2.85. The molecule has 1 spiro atoms. The maximum Gasteiger partial charge on any atom is 0.314 e. The van der Waals surface area contributed by atoms with E-state index in [9.17, 15) is 24.6 Å². The van der Waals surface area contributed by atoms with E-state index in [1.165, 1.54) is 12.5 Å². The van der Waals surface area contributed by atoms with E-state index in [1.54, 1.807) is 6.92 Å². The number of ketones is 1. The van der Waals surface area contributed by atoms with E-state index in [0.717, 1.165) is 31.2 Å². The van der Waals surface area contributed by atoms with Gasteiger partial charge in [0, 0.05) is 23.7 Å². The summed E-state index contributed by atoms with van der Waals surface area (Å²) in [6, 6.07) is 10.3. The number of Topliss-reactive ketones (excluding diaryl/α,β-unsaturated/α-hetero) is 1. The SMILES string of the molecule is CC(=O)O[C@@]1(C)CO[C@@]2(C1)OC(=O)[C@H]([C@H]1CC[C@]34C[C@]13C=C[C@@H]1[C@@]3(C)CC=C5C[C@@H](c6ccccc6)OC[C@]5(C)[C@@H]3[C@@H](O)C(=O)[C@]14C)[C@H]2O. The van der Waals surface area contributed by atoms with E-state index in [0.29, 0.717) is 13.0 Å². The number of benzene rings is 1. The second kappa shape index (κ2) is 9.72. The van der Waals surface area contributed by atoms with Crippen molar-refractivity contribution in [2.24, 2.45) is 50.7 Å². The molecule has 2 N–H and O–H groups in total. The average Bonchev–Trinajstić information content (AvgIpc) is 3.35. The van der Waals surface area contributed by atoms with Crippen LogP contribution in [0, 0.1) is 50.7 Å². The molecule has 262 valence electrons. The van der Waals surface area contributed by atoms with Crippen LogP contribution in [0.4, 0.5) is 0 Å². The number of fused-ring (bicyclic) bond motifs is 5. The number of hydrogen-bond acceptors (Lipinski definition) is 9. The molecule has 0 radical (unpaired) electrons. The van der Waals surface area contributed by atoms with Gasteiger partial charge in [-0.25, -0.2) is 0 Å². The van der Waals surface area contributed by atoms with Crippen molar-refractivity contribution in [3.63, 3.8) is 0 Å². The van der Waals surface area contributed by atoms with Crippen LogP contribution in [0.1, 0.15) is 84.8 Å². The van der Waals surface area contributed by atoms with E-state index in [-0.39, 0.29) is 42.7 Å². The fourth-order valence-electron chi connectivity index (χ4n) is 13.4. The number of carbonyl (C=O) groups is 3. The molecule has 9 heteroatoms. The minimum atomic E-state index is -1.58. The van der Waals surface area contributed by atoms with E-state index < -0.39 is 68.5 Å². The van der Waals surface area contributed by atoms with Gasteiger partial charge in [0.05, 0.1) is 31.7 Å². The lowest BCUT2D eigenvalue weighted by Crippen LogP contribution is -2.68. The lowest BCUT2D eigenvalue weighted by Gasteiger charge is -2.66. The summed E-state index contributed by atoms with van der Waals surface area (Å²) in [7, 11) is 0. The van der Waals surface area contributed by atoms with Crippen LogP contribution in [0.2, 0.25) is 0 Å². The second-order valence-electron chi connectivity index (χ2n) is 17.8. The van der Waals surface area contributed by atoms with Gasteiger partial charge in [-0.1, -0.05) is 74.9 Å². The van der Waals surface area contributed by atoms with Crippen molar-refractivity contribution in [3.05, 3.63) is 59.7 Å². The van der Waals surface area contributed by atoms with Gasteiger partial charge < -0.3 is 29.2 Å². The summed E-state index contributed by atoms with van der Waals surface area (Å²) in [5.74, 6) is -4.14. The van der Waals surface area contributed by atoms with E-state index in [4.69, 9.17) is 18.9 Å². The molecule has 3 saturated heterocycles. The van der Waals surface area contributed by atoms with Crippen molar-refractivity contribution in [1.82, 2.24) is 0 Å². The molecule has 1 aromatic rings. The first-order valence-corrected chi connectivity index (χ1v) is 18.1. The summed E-state index contributed by atoms with van der Waals surface area (Å²) in [4.78, 5) is 40.4. The maximum absolute atomic E-state index is 14.9. The van der Waals surface area contributed by atoms with Crippen LogP contribution < -0.4 is 0 Å². The Labute approximate surface area is 287 Å². The molecule has 8 aliphatic rings. The van der Waals surface area contributed by atoms with E-state index in [1.807, 2.05) is 18.2 Å². The fraction of sp³-hybridized carbons (Fsp3) is 0.675. The predicted octanol–water partition coefficient (Wildman–Crippen LogP) is 5.00. The molecule has 14 atom stereocenters. The molecule has 6 fully saturated rings. The van der Waals surface area contributed by atoms with Crippen molar-refractivity contribution >= 4 is 17.7 Å². The third-order valence-corrected chi connectivity index (χ3v) is 15.4. The summed E-state index contributed by atoms with van der Waals surface area (Å²) in [5.41, 5.74) is -1.22. The van der Waals surface area contributed by atoms with Gasteiger partial charge in [0.1, 0.15) is 17.8 Å². The van der Waals surface area contributed by atoms with Gasteiger partial charge in [0.2, 0.25) is 5.79 Å². The van der Waals surface area contributed by atoms with Gasteiger partial charge in [-0.15, -0.1) is 0 Å². The Kier molecular flexibility index (Phi) is 6.36. The van der Waals surface area contributed by atoms with Gasteiger partial charge >= 0.3 is 11.9 Å². The largest absolute Gasteiger partial charge is 0.457 e. The second-order valence-corrected chi connectivity index (χ2v) is 17.8. The normalized spacial score (nSPS) is 53.5. The average molecular weight is 673 g/mol. The molecule has 9 rings (SSSR count). The number of aliphatic hydroxyl groups is 2. The lowest BCUT2D eigenvalue weighted by molar-refractivity contribution is -0.220. The van der Waals surface area contributed by atoms with Crippen LogP contribution in [0.5, 0.6) is 0 Å². The monoisotopic (exact) mass is 672 g/mol. The van der Waals surface area contributed by atoms with Crippen LogP contribution in [0.3, 0.4) is 0 Å². The number of aliphatic hydroxyl groups excluding tert-OH is 2. The quantitative estimate of drug-likeness (QED) is 0.337. The summed E-state index contributed by atoms with van der Waals surface area (Å²) in [6.07, 6.45) is 8.12. The van der Waals surface area contributed by atoms with Crippen molar-refractivity contribution in [3.8, 4) is 0 Å². The number of carbonyl (C=O) groups excluding carboxylic acids is 3. The van der Waals surface area contributed by atoms with Crippen molar-refractivity contribution in [2.45, 2.75) is 103 Å². The van der Waals surface area contributed by atoms with Gasteiger partial charge in [0.25, 0.3) is 0 Å². The number of allylic oxidation sites excluding steroid dienone is 3. The van der Waals surface area contributed by atoms with E-state index in [2.05, 4.69) is 51.1 Å². The van der Waals surface area contributed by atoms with Crippen LogP contribution >= 0.6 is 0 Å². The minimum absolute atomic E-state index is 0.0161. The molecule has 1 aromatic carbocycles. The van der Waals surface area contributed by atoms with E-state index >= 15 is 0 Å². The summed E-state index contributed by atoms with van der Waals surface area (Å²) in [6.45, 7) is 10.0. The molecule has 0 aromatic heterocycles. The van der Waals surface area contributed by atoms with Crippen LogP contribution in [0.15, 0.2) is 54.1 Å². The molecular formula is C40H48O9. The minimum Gasteiger partial charge on any atom is -0.457 e. The van der Waals surface area contributed by atoms with Gasteiger partial charge in [-0.05, 0) is 72.7 Å². The van der Waals surface area contributed by atoms with Crippen LogP contribution in [-0.4, -0.2) is 64.7 Å². The zero-order valence-corrected chi connectivity index (χ0v) is 29.1. The third-order valence-electron chi connectivity index (χ3n) is 15.4. The highest BCUT2D eigenvalue weighted by molar-refractivity contribution is 5.93. The Bertz CT molecular complexity index is 1720. The molecular weight excluding hydrogens is 624 g/mol. The highest BCUT2D eigenvalue weighted by atomic mass is 16.8. The number of hydrogen-bond donors (Lipinski definition) is 2. The van der Waals surface area contributed by atoms with Gasteiger partial charge in [-0.2, -0.15) is 0 Å². The van der Waals surface area contributed by atoms with Gasteiger partial charge in [-0.3, -0.25) is 14.4 Å². The first-order valence-electron chi connectivity index (χ1n) is 18.1. The topological polar surface area (TPSA) is 129 Å². The predicted molar refractivity (Wildman–Crippen MR) is 175 cm³/mol. The van der Waals surface area contributed by atoms with Gasteiger partial charge in [0.15, 0.2) is 5.78 Å². The zero-order chi connectivity index (χ0) is 34.6. The first-order chi connectivity index (χ1) is 23.1. The molecule has 3 saturated carbocycles. The Balaban J connectivity index is 1.04. The zero-order valence-electron chi connectivity index (χ0n) is 29.1. The Morgan fingerprint density at radius 3 is 2.51 bits per heavy atom. The molecule has 5 aliphatic carbocycles. The number of rotatable bonds is 3. The fourth-order valence-corrected chi connectivity index (χ4v) is 13.4. The highest BCUT2D eigenvalue weighted by Crippen LogP contribution is 2.89. The summed E-state index contributed by atoms with van der Waals surface area (Å²) in [5, 5.41) is 24.1. The molecule has 3 aliphatic heterocycles. The third kappa shape index (κ3) is 3.73. The summed E-state index contributed by atoms with van der Waals surface area (Å²) >= 11 is 0. The summed E-state index contributed by atoms with van der Waals surface area (Å²) < 4.78 is 23.9. The van der Waals surface area contributed by atoms with Crippen LogP contribution in [-0.2, 0) is 33.3 Å². The molecule has 9 nitrogen and oxygen atoms in total. The molecule has 0 amide bonds. The van der Waals surface area contributed by atoms with Crippen molar-refractivity contribution in [2.75, 3.05) is 13.2 Å². The number of ether oxygens (including phenoxy) is 4.